The molecule has 0 heterocycles. The monoisotopic (exact) mass is 205 g/mol. The zero-order chi connectivity index (χ0) is 11.0. The lowest BCUT2D eigenvalue weighted by molar-refractivity contribution is -0.230. The molecule has 0 rings (SSSR count). The van der Waals surface area contributed by atoms with E-state index < -0.39 is 0 Å². The van der Waals surface area contributed by atoms with E-state index in [-0.39, 0.29) is 12.6 Å². The van der Waals surface area contributed by atoms with Crippen LogP contribution in [0.4, 0.5) is 0 Å². The largest absolute Gasteiger partial charge is 0.353 e. The highest BCUT2D eigenvalue weighted by Crippen LogP contribution is 2.01. The summed E-state index contributed by atoms with van der Waals surface area (Å²) >= 11 is 0. The minimum atomic E-state index is -0.212. The van der Waals surface area contributed by atoms with Crippen molar-refractivity contribution >= 4 is 0 Å². The second-order valence-corrected chi connectivity index (χ2v) is 3.40. The molecule has 0 aromatic carbocycles. The van der Waals surface area contributed by atoms with Crippen LogP contribution in [0, 0.1) is 0 Å². The lowest BCUT2D eigenvalue weighted by atomic mass is 10.6. The molecule has 0 amide bonds. The van der Waals surface area contributed by atoms with E-state index in [1.54, 1.807) is 0 Å². The van der Waals surface area contributed by atoms with Crippen LogP contribution >= 0.6 is 0 Å². The molecule has 2 unspecified atom stereocenters. The topological polar surface area (TPSA) is 30.9 Å². The molecular formula is C10H23NO3. The summed E-state index contributed by atoms with van der Waals surface area (Å²) in [6.45, 7) is 7.92. The fraction of sp³-hybridized carbons (Fsp3) is 1.00. The van der Waals surface area contributed by atoms with Crippen LogP contribution in [0.1, 0.15) is 20.8 Å². The van der Waals surface area contributed by atoms with Gasteiger partial charge >= 0.3 is 0 Å². The first kappa shape index (κ1) is 13.8. The van der Waals surface area contributed by atoms with Gasteiger partial charge in [-0.3, -0.25) is 0 Å². The molecule has 0 aliphatic carbocycles. The van der Waals surface area contributed by atoms with Crippen LogP contribution in [-0.2, 0) is 14.2 Å². The van der Waals surface area contributed by atoms with Crippen LogP contribution in [0.5, 0.6) is 0 Å². The van der Waals surface area contributed by atoms with Gasteiger partial charge in [-0.25, -0.2) is 0 Å². The second kappa shape index (κ2) is 8.17. The number of hydrogen-bond acceptors (Lipinski definition) is 4. The van der Waals surface area contributed by atoms with Gasteiger partial charge in [-0.2, -0.15) is 0 Å². The summed E-state index contributed by atoms with van der Waals surface area (Å²) in [5, 5.41) is 0. The van der Waals surface area contributed by atoms with Crippen molar-refractivity contribution < 1.29 is 14.2 Å². The maximum atomic E-state index is 5.43. The first-order chi connectivity index (χ1) is 6.56. The minimum absolute atomic E-state index is 0.200. The van der Waals surface area contributed by atoms with Crippen molar-refractivity contribution in [3.05, 3.63) is 0 Å². The predicted molar refractivity (Wildman–Crippen MR) is 56.1 cm³/mol. The van der Waals surface area contributed by atoms with E-state index in [9.17, 15) is 0 Å². The third-order valence-corrected chi connectivity index (χ3v) is 1.68. The van der Waals surface area contributed by atoms with Crippen LogP contribution in [0.3, 0.4) is 0 Å². The van der Waals surface area contributed by atoms with Gasteiger partial charge in [0.1, 0.15) is 0 Å². The Bertz CT molecular complexity index is 131. The van der Waals surface area contributed by atoms with Gasteiger partial charge in [-0.1, -0.05) is 0 Å². The van der Waals surface area contributed by atoms with Gasteiger partial charge in [0.2, 0.25) is 0 Å². The molecule has 4 heteroatoms. The Kier molecular flexibility index (Phi) is 8.08. The summed E-state index contributed by atoms with van der Waals surface area (Å²) < 4.78 is 16.1. The van der Waals surface area contributed by atoms with Crippen molar-refractivity contribution in [2.75, 3.05) is 33.9 Å². The lowest BCUT2D eigenvalue weighted by Gasteiger charge is -2.20. The van der Waals surface area contributed by atoms with Crippen LogP contribution in [-0.4, -0.2) is 51.3 Å². The van der Waals surface area contributed by atoms with Crippen molar-refractivity contribution in [3.63, 3.8) is 0 Å². The van der Waals surface area contributed by atoms with Crippen LogP contribution in [0.15, 0.2) is 0 Å². The molecule has 0 bridgehead atoms. The fourth-order valence-electron chi connectivity index (χ4n) is 0.984. The SMILES string of the molecule is CCOC(C)OC(C)OCCN(C)C. The summed E-state index contributed by atoms with van der Waals surface area (Å²) in [7, 11) is 4.02. The molecule has 0 radical (unpaired) electrons. The molecule has 0 saturated carbocycles. The summed E-state index contributed by atoms with van der Waals surface area (Å²) in [6, 6.07) is 0. The van der Waals surface area contributed by atoms with Crippen molar-refractivity contribution in [1.29, 1.82) is 0 Å². The molecule has 2 atom stereocenters. The average Bonchev–Trinajstić information content (AvgIpc) is 2.03. The van der Waals surface area contributed by atoms with E-state index in [1.807, 2.05) is 34.9 Å². The zero-order valence-corrected chi connectivity index (χ0v) is 9.95. The highest BCUT2D eigenvalue weighted by molar-refractivity contribution is 4.42. The molecule has 0 aliphatic rings. The third-order valence-electron chi connectivity index (χ3n) is 1.68. The quantitative estimate of drug-likeness (QED) is 0.559. The Labute approximate surface area is 87.1 Å². The van der Waals surface area contributed by atoms with E-state index in [2.05, 4.69) is 4.90 Å². The van der Waals surface area contributed by atoms with Crippen LogP contribution < -0.4 is 0 Å². The molecule has 0 aliphatic heterocycles. The molecular weight excluding hydrogens is 182 g/mol. The molecule has 14 heavy (non-hydrogen) atoms. The first-order valence-electron chi connectivity index (χ1n) is 5.09. The number of hydrogen-bond donors (Lipinski definition) is 0. The Hall–Kier alpha value is -0.160. The Morgan fingerprint density at radius 3 is 2.14 bits per heavy atom. The molecule has 0 saturated heterocycles. The fourth-order valence-corrected chi connectivity index (χ4v) is 0.984. The summed E-state index contributed by atoms with van der Waals surface area (Å²) in [5.41, 5.74) is 0. The highest BCUT2D eigenvalue weighted by Gasteiger charge is 2.07. The lowest BCUT2D eigenvalue weighted by Crippen LogP contribution is -2.26. The van der Waals surface area contributed by atoms with Gasteiger partial charge in [0.05, 0.1) is 6.61 Å². The summed E-state index contributed by atoms with van der Waals surface area (Å²) in [6.07, 6.45) is -0.411. The number of nitrogens with zero attached hydrogens (tertiary/aromatic N) is 1. The second-order valence-electron chi connectivity index (χ2n) is 3.40. The van der Waals surface area contributed by atoms with E-state index in [0.717, 1.165) is 6.54 Å². The third kappa shape index (κ3) is 8.44. The molecule has 86 valence electrons. The average molecular weight is 205 g/mol. The predicted octanol–water partition coefficient (Wildman–Crippen LogP) is 1.31. The van der Waals surface area contributed by atoms with Crippen molar-refractivity contribution in [3.8, 4) is 0 Å². The summed E-state index contributed by atoms with van der Waals surface area (Å²) in [5.74, 6) is 0. The molecule has 0 fully saturated rings. The maximum Gasteiger partial charge on any atom is 0.158 e. The number of likely N-dealkylation sites (N-methyl/N-ethyl adjacent to an activating group) is 1. The Balaban J connectivity index is 3.39. The van der Waals surface area contributed by atoms with E-state index in [0.29, 0.717) is 13.2 Å². The van der Waals surface area contributed by atoms with Crippen molar-refractivity contribution in [1.82, 2.24) is 4.90 Å². The van der Waals surface area contributed by atoms with Crippen molar-refractivity contribution in [2.45, 2.75) is 33.4 Å². The normalized spacial score (nSPS) is 15.9. The molecule has 0 spiro atoms. The van der Waals surface area contributed by atoms with E-state index >= 15 is 0 Å². The highest BCUT2D eigenvalue weighted by atomic mass is 16.8. The smallest absolute Gasteiger partial charge is 0.158 e. The Morgan fingerprint density at radius 2 is 1.64 bits per heavy atom. The van der Waals surface area contributed by atoms with E-state index in [4.69, 9.17) is 14.2 Å². The van der Waals surface area contributed by atoms with Crippen LogP contribution in [0.25, 0.3) is 0 Å². The molecule has 0 aromatic heterocycles. The van der Waals surface area contributed by atoms with Crippen molar-refractivity contribution in [2.24, 2.45) is 0 Å². The van der Waals surface area contributed by atoms with Gasteiger partial charge in [0.15, 0.2) is 12.6 Å². The van der Waals surface area contributed by atoms with Gasteiger partial charge in [0, 0.05) is 13.2 Å². The van der Waals surface area contributed by atoms with E-state index in [1.165, 1.54) is 0 Å². The zero-order valence-electron chi connectivity index (χ0n) is 9.95. The van der Waals surface area contributed by atoms with Gasteiger partial charge in [-0.15, -0.1) is 0 Å². The van der Waals surface area contributed by atoms with Gasteiger partial charge in [-0.05, 0) is 34.9 Å². The van der Waals surface area contributed by atoms with Gasteiger partial charge < -0.3 is 19.1 Å². The number of ether oxygens (including phenoxy) is 3. The maximum absolute atomic E-state index is 5.43. The first-order valence-corrected chi connectivity index (χ1v) is 5.09. The van der Waals surface area contributed by atoms with Gasteiger partial charge in [0.25, 0.3) is 0 Å². The van der Waals surface area contributed by atoms with Crippen LogP contribution in [0.2, 0.25) is 0 Å². The molecule has 0 N–H and O–H groups in total. The minimum Gasteiger partial charge on any atom is -0.353 e. The number of rotatable bonds is 8. The Morgan fingerprint density at radius 1 is 1.07 bits per heavy atom. The molecule has 4 nitrogen and oxygen atoms in total. The molecule has 0 aromatic rings. The summed E-state index contributed by atoms with van der Waals surface area (Å²) in [4.78, 5) is 2.07. The standard InChI is InChI=1S/C10H23NO3/c1-6-12-9(2)14-10(3)13-8-7-11(4)5/h9-10H,6-8H2,1-5H3.